The van der Waals surface area contributed by atoms with Gasteiger partial charge in [0.1, 0.15) is 0 Å². The first-order chi connectivity index (χ1) is 13.4. The molecule has 1 aromatic heterocycles. The van der Waals surface area contributed by atoms with Gasteiger partial charge in [-0.3, -0.25) is 14.2 Å². The maximum Gasteiger partial charge on any atom is 0.282 e. The minimum atomic E-state index is -0.592. The Hall–Kier alpha value is -3.93. The summed E-state index contributed by atoms with van der Waals surface area (Å²) in [5.74, 6) is -0.917. The van der Waals surface area contributed by atoms with Crippen molar-refractivity contribution in [2.75, 3.05) is 0 Å². The molecule has 138 valence electrons. The SMILES string of the molecule is Cc1ccc2c(=O)n(-c3ccc4ccccc4c3)cc(C(=O)N=C(N)N)c2c1. The van der Waals surface area contributed by atoms with E-state index in [2.05, 4.69) is 4.99 Å². The fraction of sp³-hybridized carbons (Fsp3) is 0.0455. The first-order valence-corrected chi connectivity index (χ1v) is 8.73. The normalized spacial score (nSPS) is 10.9. The van der Waals surface area contributed by atoms with Gasteiger partial charge in [0, 0.05) is 22.7 Å². The average molecular weight is 370 g/mol. The van der Waals surface area contributed by atoms with Crippen LogP contribution in [0.1, 0.15) is 15.9 Å². The smallest absolute Gasteiger partial charge is 0.282 e. The van der Waals surface area contributed by atoms with E-state index < -0.39 is 5.91 Å². The third-order valence-electron chi connectivity index (χ3n) is 4.64. The second kappa shape index (κ2) is 6.66. The third kappa shape index (κ3) is 3.01. The van der Waals surface area contributed by atoms with Crippen LogP contribution >= 0.6 is 0 Å². The largest absolute Gasteiger partial charge is 0.370 e. The number of benzene rings is 3. The molecule has 4 aromatic rings. The van der Waals surface area contributed by atoms with Crippen molar-refractivity contribution < 1.29 is 4.79 Å². The molecule has 0 radical (unpaired) electrons. The zero-order valence-electron chi connectivity index (χ0n) is 15.2. The summed E-state index contributed by atoms with van der Waals surface area (Å²) >= 11 is 0. The average Bonchev–Trinajstić information content (AvgIpc) is 2.67. The molecule has 4 N–H and O–H groups in total. The molecule has 6 nitrogen and oxygen atoms in total. The first kappa shape index (κ1) is 17.5. The highest BCUT2D eigenvalue weighted by Crippen LogP contribution is 2.22. The quantitative estimate of drug-likeness (QED) is 0.418. The molecular weight excluding hydrogens is 352 g/mol. The third-order valence-corrected chi connectivity index (χ3v) is 4.64. The molecule has 0 fully saturated rings. The molecule has 0 saturated heterocycles. The van der Waals surface area contributed by atoms with Gasteiger partial charge in [-0.05, 0) is 35.9 Å². The molecule has 28 heavy (non-hydrogen) atoms. The number of guanidine groups is 1. The molecule has 0 atom stereocenters. The molecule has 4 rings (SSSR count). The lowest BCUT2D eigenvalue weighted by molar-refractivity contribution is 0.100. The van der Waals surface area contributed by atoms with Crippen molar-refractivity contribution in [1.29, 1.82) is 0 Å². The van der Waals surface area contributed by atoms with E-state index in [0.717, 1.165) is 16.3 Å². The minimum Gasteiger partial charge on any atom is -0.370 e. The van der Waals surface area contributed by atoms with Gasteiger partial charge in [-0.2, -0.15) is 4.99 Å². The summed E-state index contributed by atoms with van der Waals surface area (Å²) < 4.78 is 1.46. The van der Waals surface area contributed by atoms with E-state index in [0.29, 0.717) is 16.5 Å². The molecular formula is C22H18N4O2. The van der Waals surface area contributed by atoms with Crippen LogP contribution in [-0.4, -0.2) is 16.4 Å². The number of hydrogen-bond acceptors (Lipinski definition) is 2. The van der Waals surface area contributed by atoms with Gasteiger partial charge >= 0.3 is 0 Å². The van der Waals surface area contributed by atoms with Gasteiger partial charge in [-0.15, -0.1) is 0 Å². The molecule has 1 heterocycles. The zero-order valence-corrected chi connectivity index (χ0v) is 15.2. The summed E-state index contributed by atoms with van der Waals surface area (Å²) in [6, 6.07) is 18.9. The highest BCUT2D eigenvalue weighted by molar-refractivity contribution is 6.10. The van der Waals surface area contributed by atoms with Crippen LogP contribution in [-0.2, 0) is 0 Å². The Balaban J connectivity index is 2.04. The number of amides is 1. The summed E-state index contributed by atoms with van der Waals surface area (Å²) in [5, 5.41) is 3.01. The van der Waals surface area contributed by atoms with E-state index in [1.165, 1.54) is 10.8 Å². The van der Waals surface area contributed by atoms with Crippen LogP contribution in [0.15, 0.2) is 76.6 Å². The van der Waals surface area contributed by atoms with Crippen molar-refractivity contribution >= 4 is 33.4 Å². The van der Waals surface area contributed by atoms with E-state index in [-0.39, 0.29) is 17.1 Å². The summed E-state index contributed by atoms with van der Waals surface area (Å²) in [7, 11) is 0. The number of rotatable bonds is 2. The Kier molecular flexibility index (Phi) is 4.16. The van der Waals surface area contributed by atoms with E-state index in [9.17, 15) is 9.59 Å². The van der Waals surface area contributed by atoms with Crippen LogP contribution < -0.4 is 17.0 Å². The number of pyridine rings is 1. The van der Waals surface area contributed by atoms with E-state index in [1.807, 2.05) is 55.5 Å². The second-order valence-corrected chi connectivity index (χ2v) is 6.64. The molecule has 3 aromatic carbocycles. The lowest BCUT2D eigenvalue weighted by Crippen LogP contribution is -2.25. The topological polar surface area (TPSA) is 103 Å². The van der Waals surface area contributed by atoms with Gasteiger partial charge in [-0.25, -0.2) is 0 Å². The molecule has 6 heteroatoms. The Bertz CT molecular complexity index is 1330. The molecule has 0 saturated carbocycles. The van der Waals surface area contributed by atoms with Crippen LogP contribution in [0.5, 0.6) is 0 Å². The maximum absolute atomic E-state index is 13.1. The van der Waals surface area contributed by atoms with Gasteiger partial charge in [0.15, 0.2) is 5.96 Å². The number of fused-ring (bicyclic) bond motifs is 2. The predicted octanol–water partition coefficient (Wildman–Crippen LogP) is 2.87. The van der Waals surface area contributed by atoms with Crippen molar-refractivity contribution in [1.82, 2.24) is 4.57 Å². The summed E-state index contributed by atoms with van der Waals surface area (Å²) in [6.07, 6.45) is 1.50. The van der Waals surface area contributed by atoms with Crippen LogP contribution in [0.2, 0.25) is 0 Å². The summed E-state index contributed by atoms with van der Waals surface area (Å²) in [4.78, 5) is 29.4. The van der Waals surface area contributed by atoms with Gasteiger partial charge in [0.05, 0.1) is 5.56 Å². The molecule has 0 aliphatic rings. The molecule has 0 aliphatic heterocycles. The number of carbonyl (C=O) groups excluding carboxylic acids is 1. The molecule has 0 unspecified atom stereocenters. The van der Waals surface area contributed by atoms with Gasteiger partial charge in [0.2, 0.25) is 0 Å². The van der Waals surface area contributed by atoms with E-state index in [1.54, 1.807) is 12.1 Å². The van der Waals surface area contributed by atoms with Crippen molar-refractivity contribution in [3.63, 3.8) is 0 Å². The second-order valence-electron chi connectivity index (χ2n) is 6.64. The Labute approximate surface area is 160 Å². The number of aromatic nitrogens is 1. The number of aliphatic imine (C=N–C) groups is 1. The minimum absolute atomic E-state index is 0.216. The Morgan fingerprint density at radius 3 is 2.43 bits per heavy atom. The van der Waals surface area contributed by atoms with Crippen LogP contribution in [0.25, 0.3) is 27.2 Å². The van der Waals surface area contributed by atoms with Crippen LogP contribution in [0, 0.1) is 6.92 Å². The first-order valence-electron chi connectivity index (χ1n) is 8.73. The maximum atomic E-state index is 13.1. The van der Waals surface area contributed by atoms with Crippen LogP contribution in [0.4, 0.5) is 0 Å². The van der Waals surface area contributed by atoms with Crippen molar-refractivity contribution in [3.8, 4) is 5.69 Å². The summed E-state index contributed by atoms with van der Waals surface area (Å²) in [6.45, 7) is 1.89. The van der Waals surface area contributed by atoms with Gasteiger partial charge in [0.25, 0.3) is 11.5 Å². The number of aryl methyl sites for hydroxylation is 1. The van der Waals surface area contributed by atoms with Crippen molar-refractivity contribution in [2.24, 2.45) is 16.5 Å². The number of carbonyl (C=O) groups is 1. The number of hydrogen-bond donors (Lipinski definition) is 2. The Morgan fingerprint density at radius 2 is 1.68 bits per heavy atom. The van der Waals surface area contributed by atoms with Crippen LogP contribution in [0.3, 0.4) is 0 Å². The van der Waals surface area contributed by atoms with Crippen molar-refractivity contribution in [2.45, 2.75) is 6.92 Å². The molecule has 0 spiro atoms. The fourth-order valence-corrected chi connectivity index (χ4v) is 3.32. The van der Waals surface area contributed by atoms with Gasteiger partial charge < -0.3 is 11.5 Å². The summed E-state index contributed by atoms with van der Waals surface area (Å²) in [5.41, 5.74) is 12.4. The highest BCUT2D eigenvalue weighted by atomic mass is 16.1. The molecule has 1 amide bonds. The standard InChI is InChI=1S/C22H18N4O2/c1-13-6-9-17-18(10-13)19(20(27)25-22(23)24)12-26(21(17)28)16-8-7-14-4-2-3-5-15(14)11-16/h2-12H,1H3,(H4,23,24,25,27). The monoisotopic (exact) mass is 370 g/mol. The van der Waals surface area contributed by atoms with E-state index >= 15 is 0 Å². The number of nitrogens with zero attached hydrogens (tertiary/aromatic N) is 2. The molecule has 0 bridgehead atoms. The predicted molar refractivity (Wildman–Crippen MR) is 112 cm³/mol. The molecule has 0 aliphatic carbocycles. The highest BCUT2D eigenvalue weighted by Gasteiger charge is 2.16. The zero-order chi connectivity index (χ0) is 19.8. The lowest BCUT2D eigenvalue weighted by Gasteiger charge is -2.12. The van der Waals surface area contributed by atoms with Crippen molar-refractivity contribution in [3.05, 3.63) is 88.3 Å². The Morgan fingerprint density at radius 1 is 0.929 bits per heavy atom. The van der Waals surface area contributed by atoms with Gasteiger partial charge in [-0.1, -0.05) is 48.0 Å². The lowest BCUT2D eigenvalue weighted by atomic mass is 10.0. The number of nitrogens with two attached hydrogens (primary N) is 2. The fourth-order valence-electron chi connectivity index (χ4n) is 3.32. The van der Waals surface area contributed by atoms with E-state index in [4.69, 9.17) is 11.5 Å².